The van der Waals surface area contributed by atoms with Gasteiger partial charge in [0.15, 0.2) is 0 Å². The van der Waals surface area contributed by atoms with E-state index in [0.29, 0.717) is 6.54 Å². The first-order valence-electron chi connectivity index (χ1n) is 4.58. The average Bonchev–Trinajstić information content (AvgIpc) is 2.52. The molecule has 4 heteroatoms. The Balaban J connectivity index is 2.28. The molecule has 0 fully saturated rings. The molecule has 0 aliphatic rings. The minimum atomic E-state index is 0.528. The molecule has 1 heterocycles. The van der Waals surface area contributed by atoms with Crippen LogP contribution >= 0.6 is 0 Å². The highest BCUT2D eigenvalue weighted by Gasteiger charge is 1.96. The van der Waals surface area contributed by atoms with Crippen molar-refractivity contribution in [3.8, 4) is 0 Å². The predicted octanol–water partition coefficient (Wildman–Crippen LogP) is 0.293. The molecule has 13 heavy (non-hydrogen) atoms. The maximum atomic E-state index is 5.46. The van der Waals surface area contributed by atoms with Crippen LogP contribution in [-0.4, -0.2) is 35.1 Å². The van der Waals surface area contributed by atoms with Crippen molar-refractivity contribution >= 4 is 0 Å². The number of aromatic nitrogens is 2. The standard InChI is InChI=1S/C9H18N4/c1-12(2)4-3-5-13-7-9(6-10)11-8-13/h7-8H,3-6,10H2,1-2H3. The molecule has 0 atom stereocenters. The molecule has 1 aromatic rings. The fourth-order valence-corrected chi connectivity index (χ4v) is 1.20. The van der Waals surface area contributed by atoms with E-state index in [1.54, 1.807) is 0 Å². The van der Waals surface area contributed by atoms with Crippen molar-refractivity contribution in [2.75, 3.05) is 20.6 Å². The van der Waals surface area contributed by atoms with Crippen LogP contribution < -0.4 is 5.73 Å². The van der Waals surface area contributed by atoms with Gasteiger partial charge < -0.3 is 15.2 Å². The Labute approximate surface area is 79.4 Å². The Morgan fingerprint density at radius 1 is 1.54 bits per heavy atom. The fraction of sp³-hybridized carbons (Fsp3) is 0.667. The van der Waals surface area contributed by atoms with Crippen molar-refractivity contribution in [3.05, 3.63) is 18.2 Å². The van der Waals surface area contributed by atoms with Gasteiger partial charge in [0, 0.05) is 19.3 Å². The van der Waals surface area contributed by atoms with Gasteiger partial charge in [0.2, 0.25) is 0 Å². The van der Waals surface area contributed by atoms with Crippen LogP contribution in [0.3, 0.4) is 0 Å². The third-order valence-corrected chi connectivity index (χ3v) is 1.92. The largest absolute Gasteiger partial charge is 0.337 e. The van der Waals surface area contributed by atoms with E-state index in [0.717, 1.165) is 25.2 Å². The van der Waals surface area contributed by atoms with E-state index >= 15 is 0 Å². The molecular weight excluding hydrogens is 164 g/mol. The molecule has 2 N–H and O–H groups in total. The maximum Gasteiger partial charge on any atom is 0.0949 e. The van der Waals surface area contributed by atoms with Crippen LogP contribution in [0.1, 0.15) is 12.1 Å². The molecule has 0 spiro atoms. The van der Waals surface area contributed by atoms with E-state index in [4.69, 9.17) is 5.73 Å². The highest BCUT2D eigenvalue weighted by atomic mass is 15.1. The summed E-state index contributed by atoms with van der Waals surface area (Å²) < 4.78 is 2.09. The Morgan fingerprint density at radius 2 is 2.31 bits per heavy atom. The number of rotatable bonds is 5. The van der Waals surface area contributed by atoms with Crippen LogP contribution in [0, 0.1) is 0 Å². The first-order chi connectivity index (χ1) is 6.22. The molecule has 0 bridgehead atoms. The third-order valence-electron chi connectivity index (χ3n) is 1.92. The number of hydrogen-bond acceptors (Lipinski definition) is 3. The molecule has 0 unspecified atom stereocenters. The van der Waals surface area contributed by atoms with E-state index in [2.05, 4.69) is 28.5 Å². The van der Waals surface area contributed by atoms with Crippen LogP contribution in [0.4, 0.5) is 0 Å². The number of nitrogens with zero attached hydrogens (tertiary/aromatic N) is 3. The molecule has 0 aromatic carbocycles. The van der Waals surface area contributed by atoms with Gasteiger partial charge in [-0.25, -0.2) is 4.98 Å². The highest BCUT2D eigenvalue weighted by molar-refractivity contribution is 4.95. The SMILES string of the molecule is CN(C)CCCn1cnc(CN)c1. The quantitative estimate of drug-likeness (QED) is 0.712. The van der Waals surface area contributed by atoms with E-state index < -0.39 is 0 Å². The van der Waals surface area contributed by atoms with Gasteiger partial charge in [0.05, 0.1) is 12.0 Å². The van der Waals surface area contributed by atoms with Gasteiger partial charge in [0.1, 0.15) is 0 Å². The Hall–Kier alpha value is -0.870. The molecule has 0 saturated carbocycles. The molecule has 0 amide bonds. The van der Waals surface area contributed by atoms with Crippen molar-refractivity contribution in [2.45, 2.75) is 19.5 Å². The Kier molecular flexibility index (Phi) is 3.92. The number of nitrogens with two attached hydrogens (primary N) is 1. The second kappa shape index (κ2) is 4.99. The summed E-state index contributed by atoms with van der Waals surface area (Å²) in [4.78, 5) is 6.34. The second-order valence-electron chi connectivity index (χ2n) is 3.46. The molecule has 0 aliphatic heterocycles. The van der Waals surface area contributed by atoms with Crippen molar-refractivity contribution in [3.63, 3.8) is 0 Å². The van der Waals surface area contributed by atoms with Gasteiger partial charge in [-0.15, -0.1) is 0 Å². The van der Waals surface area contributed by atoms with Crippen LogP contribution in [0.15, 0.2) is 12.5 Å². The van der Waals surface area contributed by atoms with Crippen LogP contribution in [0.25, 0.3) is 0 Å². The average molecular weight is 182 g/mol. The van der Waals surface area contributed by atoms with Crippen molar-refractivity contribution < 1.29 is 0 Å². The first kappa shape index (κ1) is 10.2. The minimum Gasteiger partial charge on any atom is -0.337 e. The second-order valence-corrected chi connectivity index (χ2v) is 3.46. The molecule has 0 radical (unpaired) electrons. The van der Waals surface area contributed by atoms with Gasteiger partial charge in [-0.1, -0.05) is 0 Å². The molecule has 4 nitrogen and oxygen atoms in total. The minimum absolute atomic E-state index is 0.528. The Bertz CT molecular complexity index is 242. The Morgan fingerprint density at radius 3 is 2.85 bits per heavy atom. The zero-order valence-corrected chi connectivity index (χ0v) is 8.40. The van der Waals surface area contributed by atoms with Crippen LogP contribution in [-0.2, 0) is 13.1 Å². The molecule has 0 aliphatic carbocycles. The summed E-state index contributed by atoms with van der Waals surface area (Å²) in [7, 11) is 4.17. The van der Waals surface area contributed by atoms with Gasteiger partial charge in [-0.05, 0) is 27.1 Å². The van der Waals surface area contributed by atoms with Gasteiger partial charge in [0.25, 0.3) is 0 Å². The lowest BCUT2D eigenvalue weighted by atomic mass is 10.4. The number of hydrogen-bond donors (Lipinski definition) is 1. The monoisotopic (exact) mass is 182 g/mol. The topological polar surface area (TPSA) is 47.1 Å². The molecule has 74 valence electrons. The van der Waals surface area contributed by atoms with Crippen molar-refractivity contribution in [2.24, 2.45) is 5.73 Å². The third kappa shape index (κ3) is 3.57. The van der Waals surface area contributed by atoms with Crippen molar-refractivity contribution in [1.29, 1.82) is 0 Å². The summed E-state index contributed by atoms with van der Waals surface area (Å²) >= 11 is 0. The van der Waals surface area contributed by atoms with Gasteiger partial charge in [-0.2, -0.15) is 0 Å². The zero-order chi connectivity index (χ0) is 9.68. The molecular formula is C9H18N4. The summed E-state index contributed by atoms with van der Waals surface area (Å²) in [6, 6.07) is 0. The van der Waals surface area contributed by atoms with E-state index in [9.17, 15) is 0 Å². The van der Waals surface area contributed by atoms with Crippen molar-refractivity contribution in [1.82, 2.24) is 14.5 Å². The lowest BCUT2D eigenvalue weighted by molar-refractivity contribution is 0.386. The summed E-state index contributed by atoms with van der Waals surface area (Å²) in [5.74, 6) is 0. The first-order valence-corrected chi connectivity index (χ1v) is 4.58. The van der Waals surface area contributed by atoms with E-state index in [-0.39, 0.29) is 0 Å². The molecule has 1 aromatic heterocycles. The maximum absolute atomic E-state index is 5.46. The van der Waals surface area contributed by atoms with Crippen LogP contribution in [0.2, 0.25) is 0 Å². The van der Waals surface area contributed by atoms with E-state index in [1.165, 1.54) is 0 Å². The number of aryl methyl sites for hydroxylation is 1. The smallest absolute Gasteiger partial charge is 0.0949 e. The number of imidazole rings is 1. The van der Waals surface area contributed by atoms with Gasteiger partial charge in [-0.3, -0.25) is 0 Å². The highest BCUT2D eigenvalue weighted by Crippen LogP contribution is 1.96. The normalized spacial score (nSPS) is 11.1. The summed E-state index contributed by atoms with van der Waals surface area (Å²) in [6.45, 7) is 2.65. The lowest BCUT2D eigenvalue weighted by Crippen LogP contribution is -2.14. The molecule has 1 rings (SSSR count). The summed E-state index contributed by atoms with van der Waals surface area (Å²) in [6.07, 6.45) is 5.00. The van der Waals surface area contributed by atoms with Crippen LogP contribution in [0.5, 0.6) is 0 Å². The summed E-state index contributed by atoms with van der Waals surface area (Å²) in [5.41, 5.74) is 6.42. The van der Waals surface area contributed by atoms with E-state index in [1.807, 2.05) is 12.5 Å². The summed E-state index contributed by atoms with van der Waals surface area (Å²) in [5, 5.41) is 0. The van der Waals surface area contributed by atoms with Gasteiger partial charge >= 0.3 is 0 Å². The predicted molar refractivity (Wildman–Crippen MR) is 53.3 cm³/mol. The fourth-order valence-electron chi connectivity index (χ4n) is 1.20. The molecule has 0 saturated heterocycles. The lowest BCUT2D eigenvalue weighted by Gasteiger charge is -2.08. The zero-order valence-electron chi connectivity index (χ0n) is 8.40.